The molecule has 1 aromatic heterocycles. The predicted molar refractivity (Wildman–Crippen MR) is 171 cm³/mol. The van der Waals surface area contributed by atoms with Crippen molar-refractivity contribution in [1.82, 2.24) is 0 Å². The van der Waals surface area contributed by atoms with E-state index in [0.29, 0.717) is 24.3 Å². The summed E-state index contributed by atoms with van der Waals surface area (Å²) in [5.74, 6) is -4.08. The maximum absolute atomic E-state index is 13.8. The fraction of sp³-hybridized carbons (Fsp3) is 0.316. The molecule has 0 radical (unpaired) electrons. The molecular weight excluding hydrogens is 949 g/mol. The Bertz CT molecular complexity index is 2950. The first-order valence-corrected chi connectivity index (χ1v) is 22.9. The smallest absolute Gasteiger partial charge is 0.446 e. The lowest BCUT2D eigenvalue weighted by Crippen LogP contribution is -2.59. The molecule has 1 saturated heterocycles. The maximum Gasteiger partial charge on any atom is 0.446 e. The molecule has 322 valence electrons. The molecular formula is C19H18O31S7. The van der Waals surface area contributed by atoms with E-state index < -0.39 is 160 Å². The summed E-state index contributed by atoms with van der Waals surface area (Å²) in [6, 6.07) is 1.26. The van der Waals surface area contributed by atoms with Crippen LogP contribution in [0.2, 0.25) is 0 Å². The van der Waals surface area contributed by atoms with E-state index in [4.69, 9.17) is 22.8 Å². The summed E-state index contributed by atoms with van der Waals surface area (Å²) in [7, 11) is -40.6. The van der Waals surface area contributed by atoms with E-state index in [1.54, 1.807) is 0 Å². The molecule has 5 atom stereocenters. The number of ether oxygens (including phenoxy) is 1. The van der Waals surface area contributed by atoms with Crippen molar-refractivity contribution in [2.45, 2.75) is 30.5 Å². The molecule has 31 nitrogen and oxygen atoms in total. The highest BCUT2D eigenvalue weighted by atomic mass is 32.3. The van der Waals surface area contributed by atoms with Crippen LogP contribution in [-0.4, -0.2) is 122 Å². The van der Waals surface area contributed by atoms with Crippen molar-refractivity contribution < 1.29 is 129 Å². The van der Waals surface area contributed by atoms with Gasteiger partial charge in [0.05, 0.1) is 17.4 Å². The number of benzene rings is 2. The van der Waals surface area contributed by atoms with Crippen molar-refractivity contribution in [2.24, 2.45) is 0 Å². The topological polar surface area (TPSA) is 485 Å². The molecule has 3 aromatic rings. The lowest BCUT2D eigenvalue weighted by Gasteiger charge is -2.43. The van der Waals surface area contributed by atoms with Crippen LogP contribution in [0, 0.1) is 0 Å². The van der Waals surface area contributed by atoms with Crippen molar-refractivity contribution in [1.29, 1.82) is 0 Å². The van der Waals surface area contributed by atoms with E-state index in [-0.39, 0.29) is 0 Å². The molecule has 7 N–H and O–H groups in total. The highest BCUT2D eigenvalue weighted by Gasteiger charge is 2.55. The Labute approximate surface area is 317 Å². The van der Waals surface area contributed by atoms with Gasteiger partial charge in [-0.05, 0) is 6.07 Å². The van der Waals surface area contributed by atoms with Gasteiger partial charge in [0, 0.05) is 23.8 Å². The van der Waals surface area contributed by atoms with E-state index in [2.05, 4.69) is 29.3 Å². The highest BCUT2D eigenvalue weighted by molar-refractivity contribution is 7.82. The lowest BCUT2D eigenvalue weighted by molar-refractivity contribution is -0.211. The fourth-order valence-corrected chi connectivity index (χ4v) is 7.77. The molecule has 0 aliphatic carbocycles. The molecule has 2 heterocycles. The first-order valence-electron chi connectivity index (χ1n) is 13.3. The minimum Gasteiger partial charge on any atom is -0.456 e. The number of hydrogen-bond acceptors (Lipinski definition) is 24. The molecule has 5 unspecified atom stereocenters. The Kier molecular flexibility index (Phi) is 12.6. The Morgan fingerprint density at radius 2 is 0.895 bits per heavy atom. The van der Waals surface area contributed by atoms with Crippen molar-refractivity contribution in [3.63, 3.8) is 0 Å². The van der Waals surface area contributed by atoms with Gasteiger partial charge in [-0.25, -0.2) is 16.7 Å². The standard InChI is InChI=1S/C19H18O31S7/c20-15-6-1-8(11(45-52(24,25)26)3-9(6)43-10-4-13(47-54(30,31)32)12(2-7(10)15)46-53(27,28)29)16-18(49-56(36,37)38)19(50-57(39,40)41)17(48-55(33,34)35)14(44-16)5-42-51(21,22)23/h1-4,14,16-19H,5H2,(H,21,22,23)(H,24,25,26)(H,27,28,29)(H,30,31,32)(H,33,34,35)(H,36,37,38)(H,39,40,41). The van der Waals surface area contributed by atoms with Gasteiger partial charge in [-0.3, -0.25) is 36.7 Å². The van der Waals surface area contributed by atoms with Crippen LogP contribution < -0.4 is 18.0 Å². The molecule has 0 spiro atoms. The second kappa shape index (κ2) is 15.6. The van der Waals surface area contributed by atoms with Gasteiger partial charge in [0.2, 0.25) is 5.43 Å². The Hall–Kier alpha value is -3.52. The fourth-order valence-electron chi connectivity index (χ4n) is 4.88. The van der Waals surface area contributed by atoms with Crippen LogP contribution in [0.15, 0.2) is 33.5 Å². The van der Waals surface area contributed by atoms with Crippen molar-refractivity contribution in [3.05, 3.63) is 40.1 Å². The summed E-state index contributed by atoms with van der Waals surface area (Å²) < 4.78 is 269. The summed E-state index contributed by atoms with van der Waals surface area (Å²) >= 11 is 0. The second-order valence-corrected chi connectivity index (χ2v) is 17.7. The monoisotopic (exact) mass is 966 g/mol. The summed E-state index contributed by atoms with van der Waals surface area (Å²) in [4.78, 5) is 13.8. The van der Waals surface area contributed by atoms with Crippen molar-refractivity contribution >= 4 is 94.7 Å². The third kappa shape index (κ3) is 13.2. The number of hydrogen-bond donors (Lipinski definition) is 7. The van der Waals surface area contributed by atoms with Gasteiger partial charge in [0.25, 0.3) is 0 Å². The quantitative estimate of drug-likeness (QED) is 0.0568. The average molecular weight is 967 g/mol. The normalized spacial score (nSPS) is 21.7. The Balaban J connectivity index is 2.15. The molecule has 0 bridgehead atoms. The van der Waals surface area contributed by atoms with Crippen LogP contribution in [0.3, 0.4) is 0 Å². The van der Waals surface area contributed by atoms with Crippen LogP contribution in [0.25, 0.3) is 21.9 Å². The van der Waals surface area contributed by atoms with Crippen LogP contribution in [0.4, 0.5) is 0 Å². The van der Waals surface area contributed by atoms with Crippen LogP contribution in [-0.2, 0) is 94.3 Å². The first kappa shape index (κ1) is 46.2. The molecule has 0 saturated carbocycles. The van der Waals surface area contributed by atoms with Gasteiger partial charge in [-0.1, -0.05) is 0 Å². The molecule has 1 fully saturated rings. The third-order valence-electron chi connectivity index (χ3n) is 6.47. The van der Waals surface area contributed by atoms with E-state index in [1.807, 2.05) is 0 Å². The zero-order valence-electron chi connectivity index (χ0n) is 26.2. The van der Waals surface area contributed by atoms with Gasteiger partial charge in [-0.2, -0.15) is 58.9 Å². The largest absolute Gasteiger partial charge is 0.456 e. The van der Waals surface area contributed by atoms with E-state index in [1.165, 1.54) is 0 Å². The summed E-state index contributed by atoms with van der Waals surface area (Å²) in [5.41, 5.74) is -4.50. The molecule has 0 amide bonds. The van der Waals surface area contributed by atoms with Crippen LogP contribution >= 0.6 is 0 Å². The predicted octanol–water partition coefficient (Wildman–Crippen LogP) is -2.69. The van der Waals surface area contributed by atoms with E-state index in [0.717, 1.165) is 0 Å². The van der Waals surface area contributed by atoms with Crippen molar-refractivity contribution in [3.8, 4) is 17.2 Å². The van der Waals surface area contributed by atoms with Gasteiger partial charge < -0.3 is 21.7 Å². The van der Waals surface area contributed by atoms with E-state index >= 15 is 0 Å². The summed E-state index contributed by atoms with van der Waals surface area (Å²) in [6.07, 6.45) is -14.8. The molecule has 2 aromatic carbocycles. The second-order valence-electron chi connectivity index (χ2n) is 10.4. The molecule has 4 rings (SSSR count). The first-order chi connectivity index (χ1) is 25.5. The zero-order chi connectivity index (χ0) is 43.5. The highest BCUT2D eigenvalue weighted by Crippen LogP contribution is 2.44. The maximum atomic E-state index is 13.8. The lowest BCUT2D eigenvalue weighted by atomic mass is 9.90. The number of rotatable bonds is 16. The molecule has 1 aliphatic rings. The molecule has 57 heavy (non-hydrogen) atoms. The Morgan fingerprint density at radius 1 is 0.491 bits per heavy atom. The summed E-state index contributed by atoms with van der Waals surface area (Å²) in [6.45, 7) is -1.78. The van der Waals surface area contributed by atoms with E-state index in [9.17, 15) is 81.9 Å². The van der Waals surface area contributed by atoms with Gasteiger partial charge in [0.15, 0.2) is 17.2 Å². The van der Waals surface area contributed by atoms with Crippen molar-refractivity contribution in [2.75, 3.05) is 6.61 Å². The SMILES string of the molecule is O=c1c2cc(OS(=O)(=O)O)c(OS(=O)(=O)O)cc2oc2cc(OS(=O)(=O)O)c(C3OC(COS(=O)(=O)O)C(OS(=O)(=O)O)C(OS(=O)(=O)O)C3OS(=O)(=O)O)cc12. The van der Waals surface area contributed by atoms with Crippen LogP contribution in [0.5, 0.6) is 17.2 Å². The average Bonchev–Trinajstić information content (AvgIpc) is 2.94. The molecule has 1 aliphatic heterocycles. The summed E-state index contributed by atoms with van der Waals surface area (Å²) in [5, 5.41) is -1.85. The minimum absolute atomic E-state index is 0.294. The van der Waals surface area contributed by atoms with Gasteiger partial charge >= 0.3 is 72.8 Å². The molecule has 38 heteroatoms. The van der Waals surface area contributed by atoms with Crippen LogP contribution in [0.1, 0.15) is 11.7 Å². The third-order valence-corrected chi connectivity index (χ3v) is 9.47. The minimum atomic E-state index is -6.06. The van der Waals surface area contributed by atoms with Gasteiger partial charge in [-0.15, -0.1) is 0 Å². The zero-order valence-corrected chi connectivity index (χ0v) is 31.9. The Morgan fingerprint density at radius 3 is 1.35 bits per heavy atom. The number of fused-ring (bicyclic) bond motifs is 2. The van der Waals surface area contributed by atoms with Gasteiger partial charge in [0.1, 0.15) is 41.7 Å².